The van der Waals surface area contributed by atoms with Gasteiger partial charge in [-0.25, -0.2) is 0 Å². The molecule has 0 amide bonds. The van der Waals surface area contributed by atoms with Crippen molar-refractivity contribution in [2.24, 2.45) is 5.92 Å². The van der Waals surface area contributed by atoms with Crippen molar-refractivity contribution in [3.8, 4) is 0 Å². The first kappa shape index (κ1) is 14.7. The Hall–Kier alpha value is -0.730. The predicted molar refractivity (Wildman–Crippen MR) is 84.1 cm³/mol. The van der Waals surface area contributed by atoms with E-state index in [2.05, 4.69) is 36.2 Å². The zero-order valence-electron chi connectivity index (χ0n) is 12.0. The highest BCUT2D eigenvalue weighted by molar-refractivity contribution is 6.30. The monoisotopic (exact) mass is 280 g/mol. The first-order valence-electron chi connectivity index (χ1n) is 7.39. The molecule has 0 bridgehead atoms. The first-order valence-corrected chi connectivity index (χ1v) is 7.77. The van der Waals surface area contributed by atoms with Crippen molar-refractivity contribution in [3.63, 3.8) is 0 Å². The van der Waals surface area contributed by atoms with Crippen LogP contribution < -0.4 is 10.2 Å². The van der Waals surface area contributed by atoms with Crippen LogP contribution in [0, 0.1) is 5.92 Å². The second-order valence-corrected chi connectivity index (χ2v) is 6.34. The predicted octanol–water partition coefficient (Wildman–Crippen LogP) is 3.94. The van der Waals surface area contributed by atoms with E-state index >= 15 is 0 Å². The first-order chi connectivity index (χ1) is 9.15. The van der Waals surface area contributed by atoms with Crippen molar-refractivity contribution in [2.75, 3.05) is 24.5 Å². The Kier molecular flexibility index (Phi) is 5.53. The Morgan fingerprint density at radius 2 is 2.26 bits per heavy atom. The summed E-state index contributed by atoms with van der Waals surface area (Å²) in [7, 11) is 0. The average molecular weight is 281 g/mol. The highest BCUT2D eigenvalue weighted by Crippen LogP contribution is 2.23. The standard InChI is InChI=1S/C16H25ClN2/c1-13(2)8-9-18-15-6-4-10-19(12-15)16-7-3-5-14(17)11-16/h3,5,7,11,13,15,18H,4,6,8-10,12H2,1-2H3. The summed E-state index contributed by atoms with van der Waals surface area (Å²) in [5, 5.41) is 4.52. The zero-order valence-corrected chi connectivity index (χ0v) is 12.8. The average Bonchev–Trinajstić information content (AvgIpc) is 2.39. The fourth-order valence-electron chi connectivity index (χ4n) is 2.63. The Bertz CT molecular complexity index is 392. The molecule has 106 valence electrons. The molecule has 1 heterocycles. The Balaban J connectivity index is 1.86. The molecule has 2 nitrogen and oxygen atoms in total. The summed E-state index contributed by atoms with van der Waals surface area (Å²) in [5.41, 5.74) is 1.25. The lowest BCUT2D eigenvalue weighted by molar-refractivity contribution is 0.406. The topological polar surface area (TPSA) is 15.3 Å². The number of anilines is 1. The van der Waals surface area contributed by atoms with E-state index in [0.29, 0.717) is 6.04 Å². The summed E-state index contributed by atoms with van der Waals surface area (Å²) in [5.74, 6) is 0.778. The lowest BCUT2D eigenvalue weighted by Gasteiger charge is -2.35. The molecule has 3 heteroatoms. The van der Waals surface area contributed by atoms with Gasteiger partial charge in [0.2, 0.25) is 0 Å². The van der Waals surface area contributed by atoms with Gasteiger partial charge in [-0.15, -0.1) is 0 Å². The van der Waals surface area contributed by atoms with Crippen LogP contribution in [0.3, 0.4) is 0 Å². The van der Waals surface area contributed by atoms with E-state index in [4.69, 9.17) is 11.6 Å². The third kappa shape index (κ3) is 4.70. The molecule has 0 spiro atoms. The van der Waals surface area contributed by atoms with Gasteiger partial charge in [-0.2, -0.15) is 0 Å². The summed E-state index contributed by atoms with van der Waals surface area (Å²) in [4.78, 5) is 2.45. The van der Waals surface area contributed by atoms with E-state index in [1.807, 2.05) is 12.1 Å². The van der Waals surface area contributed by atoms with Gasteiger partial charge >= 0.3 is 0 Å². The van der Waals surface area contributed by atoms with E-state index in [9.17, 15) is 0 Å². The molecule has 1 atom stereocenters. The minimum atomic E-state index is 0.617. The number of nitrogens with zero attached hydrogens (tertiary/aromatic N) is 1. The van der Waals surface area contributed by atoms with Crippen molar-refractivity contribution in [1.29, 1.82) is 0 Å². The summed E-state index contributed by atoms with van der Waals surface area (Å²) in [6.07, 6.45) is 3.80. The van der Waals surface area contributed by atoms with Crippen molar-refractivity contribution < 1.29 is 0 Å². The van der Waals surface area contributed by atoms with E-state index < -0.39 is 0 Å². The van der Waals surface area contributed by atoms with Crippen LogP contribution in [-0.4, -0.2) is 25.7 Å². The normalized spacial score (nSPS) is 20.0. The fraction of sp³-hybridized carbons (Fsp3) is 0.625. The van der Waals surface area contributed by atoms with Crippen LogP contribution >= 0.6 is 11.6 Å². The minimum Gasteiger partial charge on any atom is -0.370 e. The maximum absolute atomic E-state index is 6.08. The lowest BCUT2D eigenvalue weighted by Crippen LogP contribution is -2.46. The molecular weight excluding hydrogens is 256 g/mol. The third-order valence-electron chi connectivity index (χ3n) is 3.75. The van der Waals surface area contributed by atoms with Crippen LogP contribution in [0.25, 0.3) is 0 Å². The molecule has 1 aromatic carbocycles. The lowest BCUT2D eigenvalue weighted by atomic mass is 10.0. The van der Waals surface area contributed by atoms with Gasteiger partial charge in [0.1, 0.15) is 0 Å². The second kappa shape index (κ2) is 7.16. The second-order valence-electron chi connectivity index (χ2n) is 5.90. The Morgan fingerprint density at radius 3 is 3.00 bits per heavy atom. The van der Waals surface area contributed by atoms with Gasteiger partial charge in [-0.05, 0) is 49.9 Å². The van der Waals surface area contributed by atoms with Gasteiger partial charge in [0.25, 0.3) is 0 Å². The van der Waals surface area contributed by atoms with Crippen LogP contribution in [0.5, 0.6) is 0 Å². The Morgan fingerprint density at radius 1 is 1.42 bits per heavy atom. The van der Waals surface area contributed by atoms with Crippen molar-refractivity contribution in [3.05, 3.63) is 29.3 Å². The maximum atomic E-state index is 6.08. The van der Waals surface area contributed by atoms with Crippen molar-refractivity contribution in [2.45, 2.75) is 39.2 Å². The van der Waals surface area contributed by atoms with E-state index in [1.165, 1.54) is 24.9 Å². The van der Waals surface area contributed by atoms with Crippen LogP contribution in [-0.2, 0) is 0 Å². The van der Waals surface area contributed by atoms with Gasteiger partial charge in [-0.3, -0.25) is 0 Å². The molecule has 0 saturated carbocycles. The number of benzene rings is 1. The number of hydrogen-bond donors (Lipinski definition) is 1. The molecule has 1 aromatic rings. The molecule has 1 saturated heterocycles. The molecule has 19 heavy (non-hydrogen) atoms. The van der Waals surface area contributed by atoms with E-state index in [-0.39, 0.29) is 0 Å². The number of nitrogens with one attached hydrogen (secondary N) is 1. The van der Waals surface area contributed by atoms with Crippen molar-refractivity contribution in [1.82, 2.24) is 5.32 Å². The molecule has 1 unspecified atom stereocenters. The van der Waals surface area contributed by atoms with Gasteiger partial charge in [-0.1, -0.05) is 31.5 Å². The quantitative estimate of drug-likeness (QED) is 0.879. The smallest absolute Gasteiger partial charge is 0.0426 e. The molecule has 0 aromatic heterocycles. The SMILES string of the molecule is CC(C)CCNC1CCCN(c2cccc(Cl)c2)C1. The third-order valence-corrected chi connectivity index (χ3v) is 3.98. The summed E-state index contributed by atoms with van der Waals surface area (Å²) < 4.78 is 0. The summed E-state index contributed by atoms with van der Waals surface area (Å²) in [6.45, 7) is 7.93. The summed E-state index contributed by atoms with van der Waals surface area (Å²) in [6, 6.07) is 8.81. The van der Waals surface area contributed by atoms with Crippen LogP contribution in [0.4, 0.5) is 5.69 Å². The van der Waals surface area contributed by atoms with Crippen LogP contribution in [0.2, 0.25) is 5.02 Å². The molecule has 2 rings (SSSR count). The highest BCUT2D eigenvalue weighted by atomic mass is 35.5. The maximum Gasteiger partial charge on any atom is 0.0426 e. The zero-order chi connectivity index (χ0) is 13.7. The van der Waals surface area contributed by atoms with E-state index in [1.54, 1.807) is 0 Å². The van der Waals surface area contributed by atoms with Gasteiger partial charge in [0, 0.05) is 29.8 Å². The van der Waals surface area contributed by atoms with E-state index in [0.717, 1.165) is 30.6 Å². The molecule has 1 fully saturated rings. The van der Waals surface area contributed by atoms with Gasteiger partial charge in [0.05, 0.1) is 0 Å². The number of halogens is 1. The van der Waals surface area contributed by atoms with Crippen molar-refractivity contribution >= 4 is 17.3 Å². The number of hydrogen-bond acceptors (Lipinski definition) is 2. The molecule has 0 radical (unpaired) electrons. The van der Waals surface area contributed by atoms with Crippen LogP contribution in [0.15, 0.2) is 24.3 Å². The molecule has 1 N–H and O–H groups in total. The molecule has 1 aliphatic rings. The molecular formula is C16H25ClN2. The number of piperidine rings is 1. The molecule has 0 aliphatic carbocycles. The number of rotatable bonds is 5. The minimum absolute atomic E-state index is 0.617. The fourth-order valence-corrected chi connectivity index (χ4v) is 2.81. The largest absolute Gasteiger partial charge is 0.370 e. The van der Waals surface area contributed by atoms with Gasteiger partial charge in [0.15, 0.2) is 0 Å². The Labute approximate surface area is 122 Å². The van der Waals surface area contributed by atoms with Crippen LogP contribution in [0.1, 0.15) is 33.1 Å². The highest BCUT2D eigenvalue weighted by Gasteiger charge is 2.19. The summed E-state index contributed by atoms with van der Waals surface area (Å²) >= 11 is 6.08. The van der Waals surface area contributed by atoms with Gasteiger partial charge < -0.3 is 10.2 Å². The molecule has 1 aliphatic heterocycles.